The highest BCUT2D eigenvalue weighted by Gasteiger charge is 2.34. The number of carbonyl (C=O) groups excluding carboxylic acids is 1. The molecule has 1 aromatic rings. The molecule has 0 radical (unpaired) electrons. The predicted octanol–water partition coefficient (Wildman–Crippen LogP) is 2.98. The lowest BCUT2D eigenvalue weighted by atomic mass is 9.75. The van der Waals surface area contributed by atoms with Crippen molar-refractivity contribution in [3.8, 4) is 0 Å². The number of halogens is 2. The molecule has 2 nitrogen and oxygen atoms in total. The van der Waals surface area contributed by atoms with Crippen LogP contribution in [0.3, 0.4) is 0 Å². The van der Waals surface area contributed by atoms with Crippen molar-refractivity contribution >= 4 is 17.4 Å². The lowest BCUT2D eigenvalue weighted by Gasteiger charge is -2.32. The molecule has 0 saturated carbocycles. The van der Waals surface area contributed by atoms with E-state index in [-0.39, 0.29) is 23.4 Å². The van der Waals surface area contributed by atoms with Crippen LogP contribution in [-0.4, -0.2) is 18.9 Å². The van der Waals surface area contributed by atoms with Gasteiger partial charge < -0.3 is 5.32 Å². The number of benzene rings is 1. The van der Waals surface area contributed by atoms with E-state index in [1.807, 2.05) is 6.92 Å². The lowest BCUT2D eigenvalue weighted by molar-refractivity contribution is -0.128. The summed E-state index contributed by atoms with van der Waals surface area (Å²) < 4.78 is 13.6. The summed E-state index contributed by atoms with van der Waals surface area (Å²) in [6.45, 7) is 3.67. The minimum absolute atomic E-state index is 0.102. The number of ketones is 1. The molecule has 1 aromatic carbocycles. The lowest BCUT2D eigenvalue weighted by Crippen LogP contribution is -2.40. The van der Waals surface area contributed by atoms with Crippen molar-refractivity contribution in [1.82, 2.24) is 5.32 Å². The summed E-state index contributed by atoms with van der Waals surface area (Å²) in [7, 11) is 0. The second kappa shape index (κ2) is 5.37. The molecule has 1 aliphatic heterocycles. The highest BCUT2D eigenvalue weighted by atomic mass is 35.5. The number of hydrogen-bond donors (Lipinski definition) is 1. The van der Waals surface area contributed by atoms with Crippen molar-refractivity contribution in [2.75, 3.05) is 13.1 Å². The SMILES string of the molecule is CC1(C(=O)Cc2cc(Cl)ccc2F)CCNCC1. The summed E-state index contributed by atoms with van der Waals surface area (Å²) in [6.07, 6.45) is 1.75. The first kappa shape index (κ1) is 13.5. The highest BCUT2D eigenvalue weighted by molar-refractivity contribution is 6.30. The van der Waals surface area contributed by atoms with Crippen LogP contribution in [0.2, 0.25) is 5.02 Å². The van der Waals surface area contributed by atoms with Gasteiger partial charge in [-0.25, -0.2) is 4.39 Å². The van der Waals surface area contributed by atoms with Crippen LogP contribution in [0.25, 0.3) is 0 Å². The molecule has 4 heteroatoms. The Kier molecular flexibility index (Phi) is 4.03. The van der Waals surface area contributed by atoms with E-state index in [2.05, 4.69) is 5.32 Å². The van der Waals surface area contributed by atoms with Crippen LogP contribution in [0.1, 0.15) is 25.3 Å². The summed E-state index contributed by atoms with van der Waals surface area (Å²) in [5.74, 6) is -0.254. The first-order valence-corrected chi connectivity index (χ1v) is 6.57. The van der Waals surface area contributed by atoms with Gasteiger partial charge in [0.1, 0.15) is 11.6 Å². The van der Waals surface area contributed by atoms with Gasteiger partial charge in [-0.05, 0) is 49.7 Å². The quantitative estimate of drug-likeness (QED) is 0.914. The van der Waals surface area contributed by atoms with Crippen LogP contribution in [0.5, 0.6) is 0 Å². The summed E-state index contributed by atoms with van der Waals surface area (Å²) in [5, 5.41) is 3.70. The Hall–Kier alpha value is -0.930. The van der Waals surface area contributed by atoms with Gasteiger partial charge in [-0.2, -0.15) is 0 Å². The summed E-state index contributed by atoms with van der Waals surface area (Å²) in [6, 6.07) is 4.35. The number of hydrogen-bond acceptors (Lipinski definition) is 2. The van der Waals surface area contributed by atoms with Crippen molar-refractivity contribution in [3.05, 3.63) is 34.6 Å². The Morgan fingerprint density at radius 2 is 2.11 bits per heavy atom. The molecule has 1 heterocycles. The predicted molar refractivity (Wildman–Crippen MR) is 70.3 cm³/mol. The monoisotopic (exact) mass is 269 g/mol. The van der Waals surface area contributed by atoms with Crippen LogP contribution >= 0.6 is 11.6 Å². The van der Waals surface area contributed by atoms with Crippen molar-refractivity contribution in [2.45, 2.75) is 26.2 Å². The first-order chi connectivity index (χ1) is 8.51. The second-order valence-corrected chi connectivity index (χ2v) is 5.58. The Morgan fingerprint density at radius 3 is 2.78 bits per heavy atom. The standard InChI is InChI=1S/C14H17ClFNO/c1-14(4-6-17-7-5-14)13(18)9-10-8-11(15)2-3-12(10)16/h2-3,8,17H,4-7,9H2,1H3. The highest BCUT2D eigenvalue weighted by Crippen LogP contribution is 2.31. The minimum atomic E-state index is -0.356. The van der Waals surface area contributed by atoms with E-state index in [1.54, 1.807) is 6.07 Å². The van der Waals surface area contributed by atoms with Gasteiger partial charge in [-0.15, -0.1) is 0 Å². The number of carbonyl (C=O) groups is 1. The molecule has 0 spiro atoms. The van der Waals surface area contributed by atoms with Gasteiger partial charge in [-0.3, -0.25) is 4.79 Å². The molecule has 0 unspecified atom stereocenters. The van der Waals surface area contributed by atoms with E-state index in [4.69, 9.17) is 11.6 Å². The maximum absolute atomic E-state index is 13.6. The van der Waals surface area contributed by atoms with Crippen LogP contribution < -0.4 is 5.32 Å². The third kappa shape index (κ3) is 2.90. The van der Waals surface area contributed by atoms with Gasteiger partial charge >= 0.3 is 0 Å². The molecule has 2 rings (SSSR count). The fraction of sp³-hybridized carbons (Fsp3) is 0.500. The van der Waals surface area contributed by atoms with E-state index < -0.39 is 0 Å². The number of nitrogens with one attached hydrogen (secondary N) is 1. The topological polar surface area (TPSA) is 29.1 Å². The third-order valence-electron chi connectivity index (χ3n) is 3.74. The first-order valence-electron chi connectivity index (χ1n) is 6.19. The van der Waals surface area contributed by atoms with Gasteiger partial charge in [0.25, 0.3) is 0 Å². The second-order valence-electron chi connectivity index (χ2n) is 5.15. The van der Waals surface area contributed by atoms with Crippen LogP contribution in [0.15, 0.2) is 18.2 Å². The van der Waals surface area contributed by atoms with Crippen LogP contribution in [0.4, 0.5) is 4.39 Å². The fourth-order valence-electron chi connectivity index (χ4n) is 2.32. The molecule has 1 aliphatic rings. The summed E-state index contributed by atoms with van der Waals surface area (Å²) >= 11 is 5.83. The zero-order valence-corrected chi connectivity index (χ0v) is 11.2. The molecule has 18 heavy (non-hydrogen) atoms. The smallest absolute Gasteiger partial charge is 0.143 e. The number of piperidine rings is 1. The molecular weight excluding hydrogens is 253 g/mol. The fourth-order valence-corrected chi connectivity index (χ4v) is 2.52. The Morgan fingerprint density at radius 1 is 1.44 bits per heavy atom. The molecule has 1 fully saturated rings. The third-order valence-corrected chi connectivity index (χ3v) is 3.97. The Labute approximate surface area is 112 Å². The summed E-state index contributed by atoms with van der Waals surface area (Å²) in [5.41, 5.74) is 0.0623. The maximum atomic E-state index is 13.6. The van der Waals surface area contributed by atoms with E-state index in [0.29, 0.717) is 10.6 Å². The van der Waals surface area contributed by atoms with Gasteiger partial charge in [0.2, 0.25) is 0 Å². The molecule has 0 amide bonds. The van der Waals surface area contributed by atoms with Crippen molar-refractivity contribution in [2.24, 2.45) is 5.41 Å². The maximum Gasteiger partial charge on any atom is 0.143 e. The van der Waals surface area contributed by atoms with E-state index in [9.17, 15) is 9.18 Å². The number of Topliss-reactive ketones (excluding diaryl/α,β-unsaturated/α-hetero) is 1. The zero-order valence-electron chi connectivity index (χ0n) is 10.4. The Bertz CT molecular complexity index is 455. The van der Waals surface area contributed by atoms with Crippen molar-refractivity contribution in [1.29, 1.82) is 0 Å². The molecule has 98 valence electrons. The Balaban J connectivity index is 2.13. The largest absolute Gasteiger partial charge is 0.317 e. The minimum Gasteiger partial charge on any atom is -0.317 e. The van der Waals surface area contributed by atoms with Crippen molar-refractivity contribution < 1.29 is 9.18 Å². The van der Waals surface area contributed by atoms with E-state index >= 15 is 0 Å². The normalized spacial score (nSPS) is 18.6. The average Bonchev–Trinajstić information content (AvgIpc) is 2.35. The van der Waals surface area contributed by atoms with Crippen molar-refractivity contribution in [3.63, 3.8) is 0 Å². The molecule has 0 aromatic heterocycles. The molecule has 1 N–H and O–H groups in total. The zero-order chi connectivity index (χ0) is 13.2. The molecule has 0 aliphatic carbocycles. The van der Waals surface area contributed by atoms with Gasteiger partial charge in [0, 0.05) is 16.9 Å². The van der Waals surface area contributed by atoms with Gasteiger partial charge in [0.05, 0.1) is 0 Å². The van der Waals surface area contributed by atoms with E-state index in [0.717, 1.165) is 25.9 Å². The molecule has 0 atom stereocenters. The van der Waals surface area contributed by atoms with Gasteiger partial charge in [-0.1, -0.05) is 18.5 Å². The average molecular weight is 270 g/mol. The molecular formula is C14H17ClFNO. The molecule has 1 saturated heterocycles. The van der Waals surface area contributed by atoms with Crippen LogP contribution in [0, 0.1) is 11.2 Å². The van der Waals surface area contributed by atoms with E-state index in [1.165, 1.54) is 12.1 Å². The summed E-state index contributed by atoms with van der Waals surface area (Å²) in [4.78, 5) is 12.3. The molecule has 0 bridgehead atoms. The number of rotatable bonds is 3. The van der Waals surface area contributed by atoms with Crippen LogP contribution in [-0.2, 0) is 11.2 Å². The van der Waals surface area contributed by atoms with Gasteiger partial charge in [0.15, 0.2) is 0 Å².